The van der Waals surface area contributed by atoms with Gasteiger partial charge in [0.15, 0.2) is 0 Å². The van der Waals surface area contributed by atoms with E-state index in [2.05, 4.69) is 0 Å². The van der Waals surface area contributed by atoms with Crippen molar-refractivity contribution in [1.29, 1.82) is 0 Å². The molecule has 0 aromatic carbocycles. The molecule has 0 aromatic rings. The van der Waals surface area contributed by atoms with Crippen LogP contribution in [0.5, 0.6) is 0 Å². The van der Waals surface area contributed by atoms with Crippen LogP contribution in [0.25, 0.3) is 0 Å². The van der Waals surface area contributed by atoms with Gasteiger partial charge in [-0.1, -0.05) is 32.4 Å². The summed E-state index contributed by atoms with van der Waals surface area (Å²) in [6.45, 7) is 5.26. The molecule has 72 valence electrons. The minimum atomic E-state index is -2.53. The number of allylic oxidation sites excluding steroid dienone is 2. The summed E-state index contributed by atoms with van der Waals surface area (Å²) >= 11 is 0. The number of hydrogen-bond acceptors (Lipinski definition) is 0. The van der Waals surface area contributed by atoms with Crippen LogP contribution in [0.15, 0.2) is 12.2 Å². The van der Waals surface area contributed by atoms with E-state index in [-0.39, 0.29) is 6.42 Å². The van der Waals surface area contributed by atoms with E-state index in [0.717, 1.165) is 6.42 Å². The second-order valence-corrected chi connectivity index (χ2v) is 3.18. The first-order valence-corrected chi connectivity index (χ1v) is 4.55. The summed E-state index contributed by atoms with van der Waals surface area (Å²) in [5.74, 6) is -3.16. The molecule has 0 saturated heterocycles. The van der Waals surface area contributed by atoms with Gasteiger partial charge in [0.05, 0.1) is 0 Å². The van der Waals surface area contributed by atoms with E-state index in [1.54, 1.807) is 26.0 Å². The van der Waals surface area contributed by atoms with Crippen LogP contribution in [-0.2, 0) is 0 Å². The van der Waals surface area contributed by atoms with E-state index in [1.165, 1.54) is 0 Å². The molecule has 0 amide bonds. The summed E-state index contributed by atoms with van der Waals surface area (Å²) in [5, 5.41) is 0. The van der Waals surface area contributed by atoms with Crippen molar-refractivity contribution in [1.82, 2.24) is 0 Å². The van der Waals surface area contributed by atoms with E-state index in [4.69, 9.17) is 0 Å². The van der Waals surface area contributed by atoms with Crippen LogP contribution < -0.4 is 0 Å². The van der Waals surface area contributed by atoms with E-state index in [0.29, 0.717) is 6.42 Å². The summed E-state index contributed by atoms with van der Waals surface area (Å²) < 4.78 is 26.3. The molecule has 0 aromatic heterocycles. The molecule has 0 N–H and O–H groups in total. The predicted molar refractivity (Wildman–Crippen MR) is 48.5 cm³/mol. The lowest BCUT2D eigenvalue weighted by Crippen LogP contribution is -2.24. The number of alkyl halides is 2. The minimum absolute atomic E-state index is 0.00894. The Morgan fingerprint density at radius 2 is 2.00 bits per heavy atom. The monoisotopic (exact) mass is 176 g/mol. The van der Waals surface area contributed by atoms with Crippen molar-refractivity contribution in [2.24, 2.45) is 5.92 Å². The van der Waals surface area contributed by atoms with Gasteiger partial charge in [-0.2, -0.15) is 0 Å². The molecule has 12 heavy (non-hydrogen) atoms. The van der Waals surface area contributed by atoms with Gasteiger partial charge in [0, 0.05) is 12.3 Å². The zero-order valence-corrected chi connectivity index (χ0v) is 8.11. The Kier molecular flexibility index (Phi) is 5.11. The van der Waals surface area contributed by atoms with Gasteiger partial charge in [0.25, 0.3) is 5.92 Å². The van der Waals surface area contributed by atoms with E-state index in [1.807, 2.05) is 6.92 Å². The highest BCUT2D eigenvalue weighted by atomic mass is 19.3. The fraction of sp³-hybridized carbons (Fsp3) is 0.800. The highest BCUT2D eigenvalue weighted by Crippen LogP contribution is 2.30. The molecule has 0 heterocycles. The van der Waals surface area contributed by atoms with E-state index in [9.17, 15) is 8.78 Å². The van der Waals surface area contributed by atoms with Crippen LogP contribution in [0.3, 0.4) is 0 Å². The molecule has 0 aliphatic carbocycles. The lowest BCUT2D eigenvalue weighted by Gasteiger charge is -2.20. The first-order chi connectivity index (χ1) is 5.54. The Hall–Kier alpha value is -0.400. The van der Waals surface area contributed by atoms with Gasteiger partial charge in [0.2, 0.25) is 0 Å². The minimum Gasteiger partial charge on any atom is -0.206 e. The maximum atomic E-state index is 13.1. The molecule has 0 rings (SSSR count). The number of hydrogen-bond donors (Lipinski definition) is 0. The third-order valence-corrected chi connectivity index (χ3v) is 2.01. The number of halogens is 2. The summed E-state index contributed by atoms with van der Waals surface area (Å²) in [7, 11) is 0. The number of unbranched alkanes of at least 4 members (excludes halogenated alkanes) is 1. The summed E-state index contributed by atoms with van der Waals surface area (Å²) in [6, 6.07) is 0. The average Bonchev–Trinajstić information content (AvgIpc) is 2.01. The molecule has 0 nitrogen and oxygen atoms in total. The normalized spacial score (nSPS) is 15.4. The summed E-state index contributed by atoms with van der Waals surface area (Å²) in [6.07, 6.45) is 4.70. The highest BCUT2D eigenvalue weighted by Gasteiger charge is 2.33. The van der Waals surface area contributed by atoms with Crippen molar-refractivity contribution >= 4 is 0 Å². The van der Waals surface area contributed by atoms with Crippen molar-refractivity contribution in [3.8, 4) is 0 Å². The van der Waals surface area contributed by atoms with Gasteiger partial charge in [-0.3, -0.25) is 0 Å². The molecule has 2 heteroatoms. The molecular formula is C10H18F2. The van der Waals surface area contributed by atoms with E-state index < -0.39 is 11.8 Å². The number of rotatable bonds is 5. The lowest BCUT2D eigenvalue weighted by molar-refractivity contribution is -0.0437. The fourth-order valence-corrected chi connectivity index (χ4v) is 1.07. The van der Waals surface area contributed by atoms with Crippen molar-refractivity contribution in [2.45, 2.75) is 46.0 Å². The first kappa shape index (κ1) is 11.6. The van der Waals surface area contributed by atoms with Gasteiger partial charge < -0.3 is 0 Å². The second kappa shape index (κ2) is 5.28. The van der Waals surface area contributed by atoms with Crippen LogP contribution in [0.1, 0.15) is 40.0 Å². The van der Waals surface area contributed by atoms with Gasteiger partial charge in [-0.05, 0) is 13.3 Å². The van der Waals surface area contributed by atoms with Gasteiger partial charge >= 0.3 is 0 Å². The smallest absolute Gasteiger partial charge is 0.206 e. The molecule has 0 bridgehead atoms. The van der Waals surface area contributed by atoms with Crippen LogP contribution in [0, 0.1) is 5.92 Å². The van der Waals surface area contributed by atoms with Gasteiger partial charge in [-0.25, -0.2) is 8.78 Å². The van der Waals surface area contributed by atoms with Crippen LogP contribution in [-0.4, -0.2) is 5.92 Å². The molecular weight excluding hydrogens is 158 g/mol. The molecule has 0 spiro atoms. The van der Waals surface area contributed by atoms with Crippen molar-refractivity contribution in [3.63, 3.8) is 0 Å². The highest BCUT2D eigenvalue weighted by molar-refractivity contribution is 4.91. The zero-order valence-electron chi connectivity index (χ0n) is 8.11. The molecule has 0 saturated carbocycles. The Labute approximate surface area is 73.7 Å². The molecule has 1 atom stereocenters. The molecule has 0 radical (unpaired) electrons. The summed E-state index contributed by atoms with van der Waals surface area (Å²) in [4.78, 5) is 0. The zero-order chi connectivity index (χ0) is 9.61. The fourth-order valence-electron chi connectivity index (χ4n) is 1.07. The quantitative estimate of drug-likeness (QED) is 0.555. The molecule has 0 aliphatic heterocycles. The Morgan fingerprint density at radius 3 is 2.42 bits per heavy atom. The summed E-state index contributed by atoms with van der Waals surface area (Å²) in [5.41, 5.74) is 0. The lowest BCUT2D eigenvalue weighted by atomic mass is 9.98. The third-order valence-electron chi connectivity index (χ3n) is 2.01. The van der Waals surface area contributed by atoms with E-state index >= 15 is 0 Å². The Bertz CT molecular complexity index is 139. The van der Waals surface area contributed by atoms with Crippen molar-refractivity contribution in [3.05, 3.63) is 12.2 Å². The first-order valence-electron chi connectivity index (χ1n) is 4.55. The topological polar surface area (TPSA) is 0 Å². The average molecular weight is 176 g/mol. The SMILES string of the molecule is C/C=C/C(C)C(F)(F)CCCC. The largest absolute Gasteiger partial charge is 0.254 e. The predicted octanol–water partition coefficient (Wildman–Crippen LogP) is 4.02. The molecule has 0 fully saturated rings. The van der Waals surface area contributed by atoms with Crippen LogP contribution in [0.2, 0.25) is 0 Å². The Morgan fingerprint density at radius 1 is 1.42 bits per heavy atom. The van der Waals surface area contributed by atoms with Crippen molar-refractivity contribution in [2.75, 3.05) is 0 Å². The Balaban J connectivity index is 3.98. The van der Waals surface area contributed by atoms with Crippen LogP contribution in [0.4, 0.5) is 8.78 Å². The molecule has 1 unspecified atom stereocenters. The second-order valence-electron chi connectivity index (χ2n) is 3.18. The standard InChI is InChI=1S/C10H18F2/c1-4-6-8-10(11,12)9(3)7-5-2/h5,7,9H,4,6,8H2,1-3H3/b7-5+. The molecule has 0 aliphatic rings. The van der Waals surface area contributed by atoms with Crippen LogP contribution >= 0.6 is 0 Å². The van der Waals surface area contributed by atoms with Gasteiger partial charge in [0.1, 0.15) is 0 Å². The van der Waals surface area contributed by atoms with Gasteiger partial charge in [-0.15, -0.1) is 0 Å². The third kappa shape index (κ3) is 3.84. The van der Waals surface area contributed by atoms with Crippen molar-refractivity contribution < 1.29 is 8.78 Å². The maximum absolute atomic E-state index is 13.1. The maximum Gasteiger partial charge on any atom is 0.254 e.